The highest BCUT2D eigenvalue weighted by Gasteiger charge is 2.25. The van der Waals surface area contributed by atoms with Gasteiger partial charge in [0, 0.05) is 32.4 Å². The fraction of sp³-hybridized carbons (Fsp3) is 0.556. The third-order valence-corrected chi connectivity index (χ3v) is 5.07. The average Bonchev–Trinajstić information content (AvgIpc) is 3.02. The summed E-state index contributed by atoms with van der Waals surface area (Å²) in [5.74, 6) is 0.582. The number of rotatable bonds is 3. The minimum Gasteiger partial charge on any atom is -0.341 e. The number of pyridine rings is 1. The van der Waals surface area contributed by atoms with Crippen LogP contribution in [0.25, 0.3) is 6.08 Å². The average molecular weight is 315 g/mol. The van der Waals surface area contributed by atoms with Crippen LogP contribution in [-0.4, -0.2) is 54.0 Å². The first-order valence-corrected chi connectivity index (χ1v) is 8.30. The molecular weight excluding hydrogens is 290 g/mol. The maximum Gasteiger partial charge on any atom is 0.255 e. The van der Waals surface area contributed by atoms with Crippen molar-refractivity contribution in [1.29, 1.82) is 0 Å². The molecule has 0 N–H and O–H groups in total. The first-order valence-electron chi connectivity index (χ1n) is 8.30. The monoisotopic (exact) mass is 315 g/mol. The molecule has 0 atom stereocenters. The van der Waals surface area contributed by atoms with Crippen LogP contribution in [-0.2, 0) is 13.5 Å². The number of aryl methyl sites for hydroxylation is 1. The fourth-order valence-electron chi connectivity index (χ4n) is 3.59. The standard InChI is InChI=1S/C18H25N3O2/c1-19-9-7-13(8-10-19)11-20(2)18(23)16-12-21(3)17(22)15-6-4-5-14(15)16/h4-5,12-13H,6-11H2,1-3H3. The molecule has 0 aromatic carbocycles. The van der Waals surface area contributed by atoms with E-state index in [1.54, 1.807) is 13.2 Å². The first kappa shape index (κ1) is 16.0. The predicted octanol–water partition coefficient (Wildman–Crippen LogP) is 1.37. The molecule has 0 unspecified atom stereocenters. The van der Waals surface area contributed by atoms with Gasteiger partial charge in [0.05, 0.1) is 5.56 Å². The van der Waals surface area contributed by atoms with Crippen LogP contribution < -0.4 is 5.56 Å². The number of nitrogens with zero attached hydrogens (tertiary/aromatic N) is 3. The van der Waals surface area contributed by atoms with E-state index in [4.69, 9.17) is 0 Å². The number of piperidine rings is 1. The number of carbonyl (C=O) groups is 1. The minimum atomic E-state index is -0.000444. The Morgan fingerprint density at radius 1 is 1.30 bits per heavy atom. The normalized spacial score (nSPS) is 18.2. The zero-order valence-corrected chi connectivity index (χ0v) is 14.2. The van der Waals surface area contributed by atoms with Gasteiger partial charge < -0.3 is 14.4 Å². The van der Waals surface area contributed by atoms with Gasteiger partial charge in [-0.05, 0) is 50.9 Å². The van der Waals surface area contributed by atoms with Gasteiger partial charge in [0.2, 0.25) is 0 Å². The SMILES string of the molecule is CN1CCC(CN(C)C(=O)c2cn(C)c(=O)c3c2C=CC3)CC1. The van der Waals surface area contributed by atoms with Crippen molar-refractivity contribution >= 4 is 12.0 Å². The van der Waals surface area contributed by atoms with Gasteiger partial charge >= 0.3 is 0 Å². The predicted molar refractivity (Wildman–Crippen MR) is 91.6 cm³/mol. The summed E-state index contributed by atoms with van der Waals surface area (Å²) in [5, 5.41) is 0. The van der Waals surface area contributed by atoms with E-state index in [0.29, 0.717) is 17.9 Å². The zero-order valence-electron chi connectivity index (χ0n) is 14.2. The molecule has 0 spiro atoms. The Balaban J connectivity index is 1.78. The molecular formula is C18H25N3O2. The molecule has 1 saturated heterocycles. The van der Waals surface area contributed by atoms with Crippen molar-refractivity contribution in [2.45, 2.75) is 19.3 Å². The number of likely N-dealkylation sites (tertiary alicyclic amines) is 1. The zero-order chi connectivity index (χ0) is 16.6. The Kier molecular flexibility index (Phi) is 4.39. The lowest BCUT2D eigenvalue weighted by Gasteiger charge is -2.31. The Bertz CT molecular complexity index is 697. The van der Waals surface area contributed by atoms with Crippen molar-refractivity contribution in [3.63, 3.8) is 0 Å². The number of amides is 1. The molecule has 5 nitrogen and oxygen atoms in total. The Hall–Kier alpha value is -1.88. The Morgan fingerprint density at radius 3 is 2.70 bits per heavy atom. The first-order chi connectivity index (χ1) is 11.0. The highest BCUT2D eigenvalue weighted by Crippen LogP contribution is 2.23. The van der Waals surface area contributed by atoms with Gasteiger partial charge in [0.15, 0.2) is 0 Å². The van der Waals surface area contributed by atoms with Crippen LogP contribution >= 0.6 is 0 Å². The van der Waals surface area contributed by atoms with Gasteiger partial charge in [0.1, 0.15) is 0 Å². The molecule has 1 aromatic rings. The molecule has 2 aliphatic rings. The number of aromatic nitrogens is 1. The van der Waals surface area contributed by atoms with Crippen LogP contribution in [0.15, 0.2) is 17.1 Å². The lowest BCUT2D eigenvalue weighted by molar-refractivity contribution is 0.0746. The number of hydrogen-bond acceptors (Lipinski definition) is 3. The quantitative estimate of drug-likeness (QED) is 0.846. The van der Waals surface area contributed by atoms with Crippen LogP contribution in [0, 0.1) is 5.92 Å². The summed E-state index contributed by atoms with van der Waals surface area (Å²) < 4.78 is 1.53. The third-order valence-electron chi connectivity index (χ3n) is 5.07. The number of fused-ring (bicyclic) bond motifs is 1. The highest BCUT2D eigenvalue weighted by molar-refractivity contribution is 5.98. The molecule has 1 fully saturated rings. The van der Waals surface area contributed by atoms with Gasteiger partial charge in [-0.3, -0.25) is 9.59 Å². The van der Waals surface area contributed by atoms with Crippen molar-refractivity contribution in [2.75, 3.05) is 33.7 Å². The topological polar surface area (TPSA) is 45.5 Å². The third kappa shape index (κ3) is 3.11. The van der Waals surface area contributed by atoms with Gasteiger partial charge in [-0.1, -0.05) is 12.2 Å². The summed E-state index contributed by atoms with van der Waals surface area (Å²) >= 11 is 0. The summed E-state index contributed by atoms with van der Waals surface area (Å²) in [6, 6.07) is 0. The second-order valence-electron chi connectivity index (χ2n) is 6.89. The second-order valence-corrected chi connectivity index (χ2v) is 6.89. The Morgan fingerprint density at radius 2 is 2.00 bits per heavy atom. The van der Waals surface area contributed by atoms with Crippen molar-refractivity contribution < 1.29 is 4.79 Å². The lowest BCUT2D eigenvalue weighted by Crippen LogP contribution is -2.38. The van der Waals surface area contributed by atoms with E-state index in [-0.39, 0.29) is 11.5 Å². The van der Waals surface area contributed by atoms with Crippen LogP contribution in [0.5, 0.6) is 0 Å². The van der Waals surface area contributed by atoms with E-state index < -0.39 is 0 Å². The minimum absolute atomic E-state index is 0.000444. The van der Waals surface area contributed by atoms with Crippen molar-refractivity contribution in [3.8, 4) is 0 Å². The molecule has 0 radical (unpaired) electrons. The molecule has 1 aliphatic heterocycles. The maximum absolute atomic E-state index is 12.9. The maximum atomic E-state index is 12.9. The van der Waals surface area contributed by atoms with Gasteiger partial charge in [0.25, 0.3) is 11.5 Å². The van der Waals surface area contributed by atoms with E-state index >= 15 is 0 Å². The second kappa shape index (κ2) is 6.32. The molecule has 2 heterocycles. The number of allylic oxidation sites excluding steroid dienone is 1. The molecule has 0 bridgehead atoms. The molecule has 1 amide bonds. The van der Waals surface area contributed by atoms with Crippen molar-refractivity contribution in [2.24, 2.45) is 13.0 Å². The molecule has 3 rings (SSSR count). The van der Waals surface area contributed by atoms with Crippen LogP contribution in [0.2, 0.25) is 0 Å². The van der Waals surface area contributed by atoms with E-state index in [1.807, 2.05) is 24.1 Å². The van der Waals surface area contributed by atoms with Crippen LogP contribution in [0.1, 0.15) is 34.3 Å². The van der Waals surface area contributed by atoms with E-state index in [9.17, 15) is 9.59 Å². The largest absolute Gasteiger partial charge is 0.341 e. The van der Waals surface area contributed by atoms with Crippen LogP contribution in [0.4, 0.5) is 0 Å². The van der Waals surface area contributed by atoms with Gasteiger partial charge in [-0.15, -0.1) is 0 Å². The lowest BCUT2D eigenvalue weighted by atomic mass is 9.96. The Labute approximate surface area is 137 Å². The van der Waals surface area contributed by atoms with E-state index in [1.165, 1.54) is 4.57 Å². The molecule has 1 aromatic heterocycles. The molecule has 124 valence electrons. The van der Waals surface area contributed by atoms with Gasteiger partial charge in [-0.25, -0.2) is 0 Å². The molecule has 1 aliphatic carbocycles. The molecule has 5 heteroatoms. The summed E-state index contributed by atoms with van der Waals surface area (Å²) in [4.78, 5) is 29.2. The number of carbonyl (C=O) groups excluding carboxylic acids is 1. The smallest absolute Gasteiger partial charge is 0.255 e. The van der Waals surface area contributed by atoms with Crippen LogP contribution in [0.3, 0.4) is 0 Å². The number of hydrogen-bond donors (Lipinski definition) is 0. The molecule has 0 saturated carbocycles. The van der Waals surface area contributed by atoms with E-state index in [2.05, 4.69) is 11.9 Å². The summed E-state index contributed by atoms with van der Waals surface area (Å²) in [6.07, 6.45) is 8.46. The summed E-state index contributed by atoms with van der Waals surface area (Å²) in [7, 11) is 5.73. The van der Waals surface area contributed by atoms with Crippen molar-refractivity contribution in [1.82, 2.24) is 14.4 Å². The molecule has 23 heavy (non-hydrogen) atoms. The van der Waals surface area contributed by atoms with Crippen molar-refractivity contribution in [3.05, 3.63) is 39.3 Å². The highest BCUT2D eigenvalue weighted by atomic mass is 16.2. The summed E-state index contributed by atoms with van der Waals surface area (Å²) in [6.45, 7) is 2.99. The van der Waals surface area contributed by atoms with E-state index in [0.717, 1.165) is 43.6 Å². The van der Waals surface area contributed by atoms with Gasteiger partial charge in [-0.2, -0.15) is 0 Å². The summed E-state index contributed by atoms with van der Waals surface area (Å²) in [5.41, 5.74) is 2.20. The fourth-order valence-corrected chi connectivity index (χ4v) is 3.59.